The number of halogens is 1. The van der Waals surface area contributed by atoms with Gasteiger partial charge >= 0.3 is 0 Å². The third-order valence-corrected chi connectivity index (χ3v) is 4.99. The summed E-state index contributed by atoms with van der Waals surface area (Å²) in [6, 6.07) is 9.25. The van der Waals surface area contributed by atoms with Gasteiger partial charge in [0.05, 0.1) is 17.8 Å². The number of pyridine rings is 1. The standard InChI is InChI=1S/C20H24FN5O2/c1-25-9-7-14(8-10-25)20(28)26(18-4-2-3-16(21)11-18)13-17-6-5-15(12-23-17)19(27)24-22/h2-6,11-12,14H,7-10,13,22H2,1H3,(H,24,27). The Balaban J connectivity index is 1.84. The third-order valence-electron chi connectivity index (χ3n) is 4.99. The van der Waals surface area contributed by atoms with Gasteiger partial charge in [-0.15, -0.1) is 0 Å². The summed E-state index contributed by atoms with van der Waals surface area (Å²) in [7, 11) is 2.04. The van der Waals surface area contributed by atoms with Crippen LogP contribution in [0.25, 0.3) is 0 Å². The molecular weight excluding hydrogens is 361 g/mol. The average Bonchev–Trinajstić information content (AvgIpc) is 2.72. The number of benzene rings is 1. The Morgan fingerprint density at radius 3 is 2.64 bits per heavy atom. The van der Waals surface area contributed by atoms with Crippen LogP contribution in [0.5, 0.6) is 0 Å². The van der Waals surface area contributed by atoms with Crippen LogP contribution in [0.4, 0.5) is 10.1 Å². The minimum atomic E-state index is -0.441. The van der Waals surface area contributed by atoms with Gasteiger partial charge in [-0.2, -0.15) is 0 Å². The quantitative estimate of drug-likeness (QED) is 0.464. The number of hydrazine groups is 1. The fourth-order valence-corrected chi connectivity index (χ4v) is 3.31. The number of hydrogen-bond acceptors (Lipinski definition) is 5. The molecular formula is C20H24FN5O2. The van der Waals surface area contributed by atoms with Gasteiger partial charge in [0.15, 0.2) is 0 Å². The Labute approximate surface area is 163 Å². The molecule has 0 aliphatic carbocycles. The summed E-state index contributed by atoms with van der Waals surface area (Å²) >= 11 is 0. The van der Waals surface area contributed by atoms with Crippen LogP contribution in [0.1, 0.15) is 28.9 Å². The first-order valence-corrected chi connectivity index (χ1v) is 9.19. The number of nitrogens with zero attached hydrogens (tertiary/aromatic N) is 3. The van der Waals surface area contributed by atoms with Crippen LogP contribution in [0.2, 0.25) is 0 Å². The Kier molecular flexibility index (Phi) is 6.33. The topological polar surface area (TPSA) is 91.6 Å². The zero-order valence-electron chi connectivity index (χ0n) is 15.8. The molecule has 0 spiro atoms. The zero-order valence-corrected chi connectivity index (χ0v) is 15.8. The molecule has 1 aliphatic rings. The second kappa shape index (κ2) is 8.90. The molecule has 0 bridgehead atoms. The minimum Gasteiger partial charge on any atom is -0.306 e. The van der Waals surface area contributed by atoms with E-state index in [0.29, 0.717) is 16.9 Å². The van der Waals surface area contributed by atoms with Crippen molar-refractivity contribution in [2.45, 2.75) is 19.4 Å². The fraction of sp³-hybridized carbons (Fsp3) is 0.350. The van der Waals surface area contributed by atoms with Crippen molar-refractivity contribution in [3.05, 3.63) is 59.7 Å². The molecule has 0 unspecified atom stereocenters. The number of nitrogen functional groups attached to an aromatic ring is 1. The predicted molar refractivity (Wildman–Crippen MR) is 104 cm³/mol. The SMILES string of the molecule is CN1CCC(C(=O)N(Cc2ccc(C(=O)NN)cn2)c2cccc(F)c2)CC1. The van der Waals surface area contributed by atoms with E-state index in [1.807, 2.05) is 12.5 Å². The molecule has 0 atom stereocenters. The summed E-state index contributed by atoms with van der Waals surface area (Å²) < 4.78 is 13.8. The molecule has 3 N–H and O–H groups in total. The number of carbonyl (C=O) groups excluding carboxylic acids is 2. The van der Waals surface area contributed by atoms with Crippen molar-refractivity contribution in [1.82, 2.24) is 15.3 Å². The Hall–Kier alpha value is -2.84. The van der Waals surface area contributed by atoms with Crippen LogP contribution >= 0.6 is 0 Å². The number of nitrogens with two attached hydrogens (primary N) is 1. The molecule has 1 aromatic heterocycles. The molecule has 28 heavy (non-hydrogen) atoms. The van der Waals surface area contributed by atoms with Crippen molar-refractivity contribution in [2.75, 3.05) is 25.0 Å². The summed E-state index contributed by atoms with van der Waals surface area (Å²) in [6.45, 7) is 1.90. The van der Waals surface area contributed by atoms with Gasteiger partial charge in [0, 0.05) is 17.8 Å². The van der Waals surface area contributed by atoms with Crippen molar-refractivity contribution in [3.63, 3.8) is 0 Å². The monoisotopic (exact) mass is 385 g/mol. The maximum atomic E-state index is 13.8. The summed E-state index contributed by atoms with van der Waals surface area (Å²) in [4.78, 5) is 32.8. The molecule has 0 saturated carbocycles. The van der Waals surface area contributed by atoms with Crippen molar-refractivity contribution in [1.29, 1.82) is 0 Å². The number of hydrogen-bond donors (Lipinski definition) is 2. The number of nitrogens with one attached hydrogen (secondary N) is 1. The van der Waals surface area contributed by atoms with Crippen molar-refractivity contribution in [2.24, 2.45) is 11.8 Å². The number of carbonyl (C=O) groups is 2. The second-order valence-corrected chi connectivity index (χ2v) is 6.99. The van der Waals surface area contributed by atoms with Gasteiger partial charge in [0.25, 0.3) is 5.91 Å². The first kappa shape index (κ1) is 19.9. The normalized spacial score (nSPS) is 15.2. The van der Waals surface area contributed by atoms with Gasteiger partial charge in [0.1, 0.15) is 5.82 Å². The van der Waals surface area contributed by atoms with E-state index in [9.17, 15) is 14.0 Å². The Morgan fingerprint density at radius 2 is 2.04 bits per heavy atom. The third kappa shape index (κ3) is 4.71. The summed E-state index contributed by atoms with van der Waals surface area (Å²) in [6.07, 6.45) is 2.94. The van der Waals surface area contributed by atoms with Crippen LogP contribution in [-0.2, 0) is 11.3 Å². The van der Waals surface area contributed by atoms with Crippen molar-refractivity contribution in [3.8, 4) is 0 Å². The lowest BCUT2D eigenvalue weighted by atomic mass is 9.95. The van der Waals surface area contributed by atoms with E-state index >= 15 is 0 Å². The molecule has 1 aliphatic heterocycles. The van der Waals surface area contributed by atoms with E-state index in [0.717, 1.165) is 25.9 Å². The highest BCUT2D eigenvalue weighted by atomic mass is 19.1. The number of rotatable bonds is 5. The van der Waals surface area contributed by atoms with E-state index < -0.39 is 11.7 Å². The van der Waals surface area contributed by atoms with E-state index in [-0.39, 0.29) is 18.4 Å². The minimum absolute atomic E-state index is 0.0377. The Bertz CT molecular complexity index is 835. The maximum Gasteiger partial charge on any atom is 0.266 e. The van der Waals surface area contributed by atoms with E-state index in [2.05, 4.69) is 9.88 Å². The van der Waals surface area contributed by atoms with E-state index in [1.165, 1.54) is 18.3 Å². The van der Waals surface area contributed by atoms with Crippen LogP contribution < -0.4 is 16.2 Å². The molecule has 148 valence electrons. The van der Waals surface area contributed by atoms with E-state index in [4.69, 9.17) is 5.84 Å². The fourth-order valence-electron chi connectivity index (χ4n) is 3.31. The van der Waals surface area contributed by atoms with Crippen LogP contribution in [0.15, 0.2) is 42.6 Å². The number of amides is 2. The zero-order chi connectivity index (χ0) is 20.1. The summed E-state index contributed by atoms with van der Waals surface area (Å²) in [5.41, 5.74) is 3.46. The lowest BCUT2D eigenvalue weighted by Gasteiger charge is -2.32. The van der Waals surface area contributed by atoms with Gasteiger partial charge < -0.3 is 9.80 Å². The molecule has 1 aromatic carbocycles. The van der Waals surface area contributed by atoms with Crippen LogP contribution in [0, 0.1) is 11.7 Å². The molecule has 3 rings (SSSR count). The number of piperidine rings is 1. The lowest BCUT2D eigenvalue weighted by Crippen LogP contribution is -2.41. The Morgan fingerprint density at radius 1 is 1.29 bits per heavy atom. The van der Waals surface area contributed by atoms with E-state index in [1.54, 1.807) is 29.2 Å². The van der Waals surface area contributed by atoms with Gasteiger partial charge in [-0.1, -0.05) is 6.07 Å². The highest BCUT2D eigenvalue weighted by Crippen LogP contribution is 2.25. The van der Waals surface area contributed by atoms with Gasteiger partial charge in [-0.25, -0.2) is 10.2 Å². The first-order valence-electron chi connectivity index (χ1n) is 9.19. The molecule has 1 fully saturated rings. The number of anilines is 1. The molecule has 0 radical (unpaired) electrons. The molecule has 2 aromatic rings. The molecule has 2 amide bonds. The number of aromatic nitrogens is 1. The predicted octanol–water partition coefficient (Wildman–Crippen LogP) is 1.70. The smallest absolute Gasteiger partial charge is 0.266 e. The van der Waals surface area contributed by atoms with Crippen LogP contribution in [-0.4, -0.2) is 41.8 Å². The molecule has 8 heteroatoms. The number of likely N-dealkylation sites (tertiary alicyclic amines) is 1. The lowest BCUT2D eigenvalue weighted by molar-refractivity contribution is -0.123. The van der Waals surface area contributed by atoms with Gasteiger partial charge in [0.2, 0.25) is 5.91 Å². The average molecular weight is 385 g/mol. The highest BCUT2D eigenvalue weighted by Gasteiger charge is 2.29. The molecule has 1 saturated heterocycles. The van der Waals surface area contributed by atoms with Gasteiger partial charge in [-0.05, 0) is 63.3 Å². The summed E-state index contributed by atoms with van der Waals surface area (Å²) in [5.74, 6) is 4.14. The van der Waals surface area contributed by atoms with Crippen molar-refractivity contribution >= 4 is 17.5 Å². The van der Waals surface area contributed by atoms with Crippen molar-refractivity contribution < 1.29 is 14.0 Å². The molecule has 2 heterocycles. The van der Waals surface area contributed by atoms with Crippen LogP contribution in [0.3, 0.4) is 0 Å². The van der Waals surface area contributed by atoms with Gasteiger partial charge in [-0.3, -0.25) is 20.0 Å². The first-order chi connectivity index (χ1) is 13.5. The summed E-state index contributed by atoms with van der Waals surface area (Å²) in [5, 5.41) is 0. The largest absolute Gasteiger partial charge is 0.306 e. The maximum absolute atomic E-state index is 13.8. The molecule has 7 nitrogen and oxygen atoms in total. The second-order valence-electron chi connectivity index (χ2n) is 6.99. The highest BCUT2D eigenvalue weighted by molar-refractivity contribution is 5.95.